The molecule has 2 unspecified atom stereocenters. The lowest BCUT2D eigenvalue weighted by Crippen LogP contribution is -2.17. The molecule has 0 fully saturated rings. The Morgan fingerprint density at radius 2 is 1.63 bits per heavy atom. The van der Waals surface area contributed by atoms with Crippen molar-refractivity contribution in [2.75, 3.05) is 5.32 Å². The maximum Gasteiger partial charge on any atom is 0.142 e. The zero-order valence-corrected chi connectivity index (χ0v) is 21.0. The van der Waals surface area contributed by atoms with Gasteiger partial charge in [-0.05, 0) is 42.5 Å². The van der Waals surface area contributed by atoms with Crippen LogP contribution in [0, 0.1) is 11.3 Å². The molecule has 5 aromatic rings. The van der Waals surface area contributed by atoms with Crippen LogP contribution in [-0.4, -0.2) is 5.71 Å². The van der Waals surface area contributed by atoms with E-state index < -0.39 is 0 Å². The summed E-state index contributed by atoms with van der Waals surface area (Å²) in [6.45, 7) is 0. The van der Waals surface area contributed by atoms with Crippen molar-refractivity contribution in [1.82, 2.24) is 0 Å². The molecule has 1 heterocycles. The number of hydrogen-bond acceptors (Lipinski definition) is 3. The molecule has 0 saturated heterocycles. The summed E-state index contributed by atoms with van der Waals surface area (Å²) in [5.74, 6) is 1.99. The Kier molecular flexibility index (Phi) is 5.55. The number of nitrogens with one attached hydrogen (secondary N) is 2. The molecule has 2 aliphatic carbocycles. The van der Waals surface area contributed by atoms with Gasteiger partial charge < -0.3 is 9.73 Å². The Morgan fingerprint density at radius 1 is 0.816 bits per heavy atom. The van der Waals surface area contributed by atoms with E-state index in [-0.39, 0.29) is 0 Å². The van der Waals surface area contributed by atoms with Gasteiger partial charge in [0, 0.05) is 44.9 Å². The van der Waals surface area contributed by atoms with Crippen LogP contribution in [0.4, 0.5) is 11.4 Å². The normalized spacial score (nSPS) is 17.7. The lowest BCUT2D eigenvalue weighted by atomic mass is 9.76. The summed E-state index contributed by atoms with van der Waals surface area (Å²) in [7, 11) is 0. The summed E-state index contributed by atoms with van der Waals surface area (Å²) in [6.07, 6.45) is 11.1. The minimum Gasteiger partial charge on any atom is -0.459 e. The number of rotatable bonds is 5. The largest absolute Gasteiger partial charge is 0.459 e. The van der Waals surface area contributed by atoms with Gasteiger partial charge in [0.1, 0.15) is 11.3 Å². The number of hydrogen-bond donors (Lipinski definition) is 2. The van der Waals surface area contributed by atoms with Crippen molar-refractivity contribution in [2.24, 2.45) is 5.92 Å². The highest BCUT2D eigenvalue weighted by Crippen LogP contribution is 2.46. The minimum absolute atomic E-state index is 0.327. The number of benzene rings is 4. The molecule has 7 rings (SSSR count). The van der Waals surface area contributed by atoms with Crippen molar-refractivity contribution in [3.8, 4) is 11.1 Å². The summed E-state index contributed by atoms with van der Waals surface area (Å²) in [6, 6.07) is 32.9. The van der Waals surface area contributed by atoms with E-state index in [4.69, 9.17) is 9.83 Å². The Bertz CT molecular complexity index is 1720. The molecule has 2 N–H and O–H groups in total. The zero-order chi connectivity index (χ0) is 25.5. The first-order valence-corrected chi connectivity index (χ1v) is 13.3. The molecule has 4 aromatic carbocycles. The molecule has 184 valence electrons. The van der Waals surface area contributed by atoms with Crippen LogP contribution in [-0.2, 0) is 6.42 Å². The Labute approximate surface area is 222 Å². The van der Waals surface area contributed by atoms with Crippen molar-refractivity contribution in [3.05, 3.63) is 144 Å². The molecule has 3 heteroatoms. The van der Waals surface area contributed by atoms with Crippen molar-refractivity contribution in [3.63, 3.8) is 0 Å². The average molecular weight is 493 g/mol. The van der Waals surface area contributed by atoms with Gasteiger partial charge in [-0.2, -0.15) is 0 Å². The molecule has 1 aromatic heterocycles. The first-order chi connectivity index (χ1) is 18.8. The van der Waals surface area contributed by atoms with Gasteiger partial charge in [0.25, 0.3) is 0 Å². The lowest BCUT2D eigenvalue weighted by Gasteiger charge is -2.27. The SMILES string of the molecule is N=C(c1ccccc1)c1ccccc1Nc1cccc(-c2cccc3c4c(oc23)C2C=CC=CC2CC4)c1. The number of para-hydroxylation sites is 2. The summed E-state index contributed by atoms with van der Waals surface area (Å²) in [5.41, 5.74) is 8.72. The van der Waals surface area contributed by atoms with Crippen LogP contribution < -0.4 is 5.32 Å². The highest BCUT2D eigenvalue weighted by atomic mass is 16.3. The summed E-state index contributed by atoms with van der Waals surface area (Å²) in [5, 5.41) is 13.6. The van der Waals surface area contributed by atoms with Crippen LogP contribution in [0.1, 0.15) is 34.8 Å². The minimum atomic E-state index is 0.327. The van der Waals surface area contributed by atoms with Crippen molar-refractivity contribution < 1.29 is 4.42 Å². The zero-order valence-electron chi connectivity index (χ0n) is 21.0. The molecule has 0 spiro atoms. The molecule has 2 atom stereocenters. The Balaban J connectivity index is 1.25. The van der Waals surface area contributed by atoms with Gasteiger partial charge in [-0.1, -0.05) is 103 Å². The Hall–Kier alpha value is -4.63. The van der Waals surface area contributed by atoms with E-state index in [1.54, 1.807) is 0 Å². The van der Waals surface area contributed by atoms with E-state index in [9.17, 15) is 0 Å². The van der Waals surface area contributed by atoms with E-state index in [0.29, 0.717) is 17.5 Å². The molecular formula is C35H28N2O. The number of furan rings is 1. The maximum absolute atomic E-state index is 8.81. The van der Waals surface area contributed by atoms with Gasteiger partial charge >= 0.3 is 0 Å². The fraction of sp³-hybridized carbons (Fsp3) is 0.114. The number of fused-ring (bicyclic) bond motifs is 5. The molecule has 2 aliphatic rings. The second-order valence-corrected chi connectivity index (χ2v) is 10.1. The lowest BCUT2D eigenvalue weighted by molar-refractivity contribution is 0.414. The monoisotopic (exact) mass is 492 g/mol. The first-order valence-electron chi connectivity index (χ1n) is 13.3. The number of allylic oxidation sites excluding steroid dienone is 4. The van der Waals surface area contributed by atoms with Gasteiger partial charge in [-0.15, -0.1) is 0 Å². The van der Waals surface area contributed by atoms with E-state index >= 15 is 0 Å². The highest BCUT2D eigenvalue weighted by Gasteiger charge is 2.32. The second kappa shape index (κ2) is 9.35. The fourth-order valence-electron chi connectivity index (χ4n) is 5.96. The van der Waals surface area contributed by atoms with Gasteiger partial charge in [0.15, 0.2) is 0 Å². The first kappa shape index (κ1) is 22.6. The van der Waals surface area contributed by atoms with Gasteiger partial charge in [-0.25, -0.2) is 0 Å². The van der Waals surface area contributed by atoms with E-state index in [0.717, 1.165) is 57.8 Å². The predicted molar refractivity (Wildman–Crippen MR) is 157 cm³/mol. The van der Waals surface area contributed by atoms with Crippen molar-refractivity contribution in [1.29, 1.82) is 5.41 Å². The number of aryl methyl sites for hydroxylation is 1. The van der Waals surface area contributed by atoms with Crippen LogP contribution in [0.5, 0.6) is 0 Å². The maximum atomic E-state index is 8.81. The van der Waals surface area contributed by atoms with E-state index in [1.165, 1.54) is 10.9 Å². The molecule has 0 saturated carbocycles. The van der Waals surface area contributed by atoms with Crippen LogP contribution in [0.15, 0.2) is 126 Å². The molecule has 0 radical (unpaired) electrons. The molecular weight excluding hydrogens is 464 g/mol. The summed E-state index contributed by atoms with van der Waals surface area (Å²) in [4.78, 5) is 0. The van der Waals surface area contributed by atoms with Crippen LogP contribution >= 0.6 is 0 Å². The van der Waals surface area contributed by atoms with E-state index in [1.807, 2.05) is 54.6 Å². The average Bonchev–Trinajstić information content (AvgIpc) is 3.37. The highest BCUT2D eigenvalue weighted by molar-refractivity contribution is 6.14. The molecule has 0 bridgehead atoms. The summed E-state index contributed by atoms with van der Waals surface area (Å²) >= 11 is 0. The van der Waals surface area contributed by atoms with E-state index in [2.05, 4.69) is 72.1 Å². The topological polar surface area (TPSA) is 49.0 Å². The number of anilines is 2. The third-order valence-electron chi connectivity index (χ3n) is 7.84. The smallest absolute Gasteiger partial charge is 0.142 e. The fourth-order valence-corrected chi connectivity index (χ4v) is 5.96. The molecule has 38 heavy (non-hydrogen) atoms. The molecule has 0 amide bonds. The quantitative estimate of drug-likeness (QED) is 0.240. The third-order valence-corrected chi connectivity index (χ3v) is 7.84. The van der Waals surface area contributed by atoms with Crippen molar-refractivity contribution >= 4 is 28.1 Å². The standard InChI is InChI=1S/C35H28N2O/c36-33(24-11-2-1-3-12-24)31-16-6-7-19-32(31)37-26-14-8-13-25(22-26)28-17-9-18-29-30-21-20-23-10-4-5-15-27(23)34(30)38-35(28)29/h1-19,22-23,27,36-37H,20-21H2. The molecule has 3 nitrogen and oxygen atoms in total. The van der Waals surface area contributed by atoms with Crippen LogP contribution in [0.3, 0.4) is 0 Å². The van der Waals surface area contributed by atoms with Crippen molar-refractivity contribution in [2.45, 2.75) is 18.8 Å². The van der Waals surface area contributed by atoms with Crippen LogP contribution in [0.2, 0.25) is 0 Å². The van der Waals surface area contributed by atoms with Crippen LogP contribution in [0.25, 0.3) is 22.1 Å². The van der Waals surface area contributed by atoms with Gasteiger partial charge in [-0.3, -0.25) is 5.41 Å². The van der Waals surface area contributed by atoms with Gasteiger partial charge in [0.05, 0.1) is 5.71 Å². The van der Waals surface area contributed by atoms with Gasteiger partial charge in [0.2, 0.25) is 0 Å². The Morgan fingerprint density at radius 3 is 2.55 bits per heavy atom. The third kappa shape index (κ3) is 3.88. The molecule has 0 aliphatic heterocycles. The summed E-state index contributed by atoms with van der Waals surface area (Å²) < 4.78 is 6.67. The predicted octanol–water partition coefficient (Wildman–Crippen LogP) is 9.03. The second-order valence-electron chi connectivity index (χ2n) is 10.1.